The molecule has 6 heteroatoms. The number of sulfonamides is 1. The van der Waals surface area contributed by atoms with Gasteiger partial charge in [-0.3, -0.25) is 0 Å². The Kier molecular flexibility index (Phi) is 5.85. The molecule has 1 fully saturated rings. The van der Waals surface area contributed by atoms with Crippen LogP contribution < -0.4 is 5.32 Å². The van der Waals surface area contributed by atoms with Gasteiger partial charge in [-0.25, -0.2) is 8.42 Å². The number of ether oxygens (including phenoxy) is 1. The number of likely N-dealkylation sites (N-methyl/N-ethyl adjacent to an activating group) is 1. The van der Waals surface area contributed by atoms with E-state index in [9.17, 15) is 8.42 Å². The molecule has 0 radical (unpaired) electrons. The third-order valence-electron chi connectivity index (χ3n) is 3.25. The molecule has 0 aromatic carbocycles. The quantitative estimate of drug-likeness (QED) is 0.755. The van der Waals surface area contributed by atoms with Gasteiger partial charge in [0.15, 0.2) is 0 Å². The molecule has 0 amide bonds. The van der Waals surface area contributed by atoms with Crippen molar-refractivity contribution in [2.75, 3.05) is 33.4 Å². The summed E-state index contributed by atoms with van der Waals surface area (Å²) in [5, 5.41) is 2.96. The number of hydrogen-bond acceptors (Lipinski definition) is 4. The molecule has 1 aliphatic heterocycles. The first-order valence-electron chi connectivity index (χ1n) is 6.24. The molecule has 102 valence electrons. The lowest BCUT2D eigenvalue weighted by molar-refractivity contribution is 0.142. The van der Waals surface area contributed by atoms with E-state index < -0.39 is 10.0 Å². The first-order valence-corrected chi connectivity index (χ1v) is 7.74. The molecule has 0 spiro atoms. The smallest absolute Gasteiger partial charge is 0.217 e. The van der Waals surface area contributed by atoms with Gasteiger partial charge in [0.1, 0.15) is 0 Å². The Balaban J connectivity index is 2.77. The molecule has 5 nitrogen and oxygen atoms in total. The Hall–Kier alpha value is -0.170. The van der Waals surface area contributed by atoms with E-state index >= 15 is 0 Å². The van der Waals surface area contributed by atoms with Crippen LogP contribution in [0.25, 0.3) is 0 Å². The van der Waals surface area contributed by atoms with Crippen molar-refractivity contribution in [3.05, 3.63) is 0 Å². The molecule has 0 saturated carbocycles. The van der Waals surface area contributed by atoms with Gasteiger partial charge in [0, 0.05) is 19.7 Å². The summed E-state index contributed by atoms with van der Waals surface area (Å²) < 4.78 is 31.6. The van der Waals surface area contributed by atoms with Crippen LogP contribution in [0.15, 0.2) is 0 Å². The number of hydrogen-bond donors (Lipinski definition) is 1. The minimum atomic E-state index is -3.18. The number of methoxy groups -OCH3 is 1. The molecule has 0 bridgehead atoms. The van der Waals surface area contributed by atoms with Gasteiger partial charge in [-0.2, -0.15) is 4.31 Å². The summed E-state index contributed by atoms with van der Waals surface area (Å²) in [4.78, 5) is 0. The molecule has 1 rings (SSSR count). The Labute approximate surface area is 105 Å². The van der Waals surface area contributed by atoms with Crippen LogP contribution in [0, 0.1) is 0 Å². The molecule has 17 heavy (non-hydrogen) atoms. The van der Waals surface area contributed by atoms with E-state index in [0.29, 0.717) is 26.0 Å². The highest BCUT2D eigenvalue weighted by atomic mass is 32.2. The van der Waals surface area contributed by atoms with E-state index in [0.717, 1.165) is 13.1 Å². The van der Waals surface area contributed by atoms with Crippen LogP contribution in [-0.2, 0) is 14.8 Å². The summed E-state index contributed by atoms with van der Waals surface area (Å²) in [6, 6.07) is -0.0927. The van der Waals surface area contributed by atoms with Crippen LogP contribution in [0.3, 0.4) is 0 Å². The van der Waals surface area contributed by atoms with Gasteiger partial charge in [-0.05, 0) is 32.9 Å². The fourth-order valence-electron chi connectivity index (χ4n) is 2.35. The Morgan fingerprint density at radius 1 is 1.41 bits per heavy atom. The van der Waals surface area contributed by atoms with Gasteiger partial charge in [0.25, 0.3) is 0 Å². The van der Waals surface area contributed by atoms with Gasteiger partial charge in [-0.1, -0.05) is 6.92 Å². The Morgan fingerprint density at radius 2 is 2.00 bits per heavy atom. The fraction of sp³-hybridized carbons (Fsp3) is 1.00. The van der Waals surface area contributed by atoms with Gasteiger partial charge >= 0.3 is 0 Å². The van der Waals surface area contributed by atoms with Crippen LogP contribution in [0.4, 0.5) is 0 Å². The molecule has 1 atom stereocenters. The standard InChI is InChI=1S/C11H24N2O3S/c1-4-13(10(2)9-16-3)17(14,15)11-5-7-12-8-6-11/h10-12H,4-9H2,1-3H3. The van der Waals surface area contributed by atoms with Crippen molar-refractivity contribution in [3.63, 3.8) is 0 Å². The van der Waals surface area contributed by atoms with Gasteiger partial charge < -0.3 is 10.1 Å². The third-order valence-corrected chi connectivity index (χ3v) is 5.83. The van der Waals surface area contributed by atoms with Crippen molar-refractivity contribution in [2.45, 2.75) is 38.0 Å². The van der Waals surface area contributed by atoms with Crippen molar-refractivity contribution in [1.29, 1.82) is 0 Å². The van der Waals surface area contributed by atoms with Crippen molar-refractivity contribution in [3.8, 4) is 0 Å². The first kappa shape index (κ1) is 14.9. The summed E-state index contributed by atoms with van der Waals surface area (Å²) in [5.41, 5.74) is 0. The van der Waals surface area contributed by atoms with Crippen LogP contribution in [0.1, 0.15) is 26.7 Å². The Bertz CT molecular complexity index is 313. The summed E-state index contributed by atoms with van der Waals surface area (Å²) in [5.74, 6) is 0. The lowest BCUT2D eigenvalue weighted by atomic mass is 10.2. The first-order chi connectivity index (χ1) is 8.04. The second-order valence-electron chi connectivity index (χ2n) is 4.50. The molecule has 0 aliphatic carbocycles. The minimum Gasteiger partial charge on any atom is -0.383 e. The second-order valence-corrected chi connectivity index (χ2v) is 6.67. The fourth-order valence-corrected chi connectivity index (χ4v) is 4.49. The van der Waals surface area contributed by atoms with Gasteiger partial charge in [0.05, 0.1) is 11.9 Å². The zero-order valence-corrected chi connectivity index (χ0v) is 11.8. The number of piperidine rings is 1. The average Bonchev–Trinajstić information content (AvgIpc) is 2.31. The molecule has 1 saturated heterocycles. The predicted octanol–water partition coefficient (Wildman–Crippen LogP) is 0.425. The molecule has 1 N–H and O–H groups in total. The molecular formula is C11H24N2O3S. The predicted molar refractivity (Wildman–Crippen MR) is 68.5 cm³/mol. The van der Waals surface area contributed by atoms with E-state index in [4.69, 9.17) is 4.74 Å². The highest BCUT2D eigenvalue weighted by Gasteiger charge is 2.34. The zero-order valence-electron chi connectivity index (χ0n) is 11.0. The average molecular weight is 264 g/mol. The molecule has 1 aliphatic rings. The van der Waals surface area contributed by atoms with Crippen molar-refractivity contribution in [1.82, 2.24) is 9.62 Å². The third kappa shape index (κ3) is 3.64. The molecule has 1 unspecified atom stereocenters. The summed E-state index contributed by atoms with van der Waals surface area (Å²) >= 11 is 0. The van der Waals surface area contributed by atoms with Gasteiger partial charge in [-0.15, -0.1) is 0 Å². The monoisotopic (exact) mass is 264 g/mol. The number of rotatable bonds is 6. The normalized spacial score (nSPS) is 20.7. The van der Waals surface area contributed by atoms with Crippen LogP contribution >= 0.6 is 0 Å². The van der Waals surface area contributed by atoms with E-state index in [2.05, 4.69) is 5.32 Å². The number of nitrogens with one attached hydrogen (secondary N) is 1. The maximum Gasteiger partial charge on any atom is 0.217 e. The van der Waals surface area contributed by atoms with E-state index in [-0.39, 0.29) is 11.3 Å². The highest BCUT2D eigenvalue weighted by Crippen LogP contribution is 2.20. The summed E-state index contributed by atoms with van der Waals surface area (Å²) in [7, 11) is -1.58. The largest absolute Gasteiger partial charge is 0.383 e. The lowest BCUT2D eigenvalue weighted by Gasteiger charge is -2.32. The second kappa shape index (κ2) is 6.68. The SMILES string of the molecule is CCN(C(C)COC)S(=O)(=O)C1CCNCC1. The van der Waals surface area contributed by atoms with Crippen LogP contribution in [-0.4, -0.2) is 57.4 Å². The van der Waals surface area contributed by atoms with Gasteiger partial charge in [0.2, 0.25) is 10.0 Å². The highest BCUT2D eigenvalue weighted by molar-refractivity contribution is 7.89. The number of nitrogens with zero attached hydrogens (tertiary/aromatic N) is 1. The summed E-state index contributed by atoms with van der Waals surface area (Å²) in [6.45, 7) is 6.31. The zero-order chi connectivity index (χ0) is 12.9. The maximum absolute atomic E-state index is 12.5. The topological polar surface area (TPSA) is 58.6 Å². The molecule has 0 aromatic heterocycles. The molecular weight excluding hydrogens is 240 g/mol. The molecule has 0 aromatic rings. The lowest BCUT2D eigenvalue weighted by Crippen LogP contribution is -2.48. The van der Waals surface area contributed by atoms with E-state index in [1.807, 2.05) is 13.8 Å². The maximum atomic E-state index is 12.5. The van der Waals surface area contributed by atoms with Crippen molar-refractivity contribution < 1.29 is 13.2 Å². The Morgan fingerprint density at radius 3 is 2.47 bits per heavy atom. The van der Waals surface area contributed by atoms with Crippen molar-refractivity contribution >= 4 is 10.0 Å². The van der Waals surface area contributed by atoms with E-state index in [1.165, 1.54) is 0 Å². The minimum absolute atomic E-state index is 0.0927. The van der Waals surface area contributed by atoms with Crippen LogP contribution in [0.5, 0.6) is 0 Å². The van der Waals surface area contributed by atoms with Crippen LogP contribution in [0.2, 0.25) is 0 Å². The summed E-state index contributed by atoms with van der Waals surface area (Å²) in [6.07, 6.45) is 1.41. The van der Waals surface area contributed by atoms with E-state index in [1.54, 1.807) is 11.4 Å². The molecule has 1 heterocycles. The van der Waals surface area contributed by atoms with Crippen molar-refractivity contribution in [2.24, 2.45) is 0 Å².